The molecule has 3 aromatic rings. The van der Waals surface area contributed by atoms with Gasteiger partial charge in [0.05, 0.1) is 23.3 Å². The second-order valence-corrected chi connectivity index (χ2v) is 3.79. The Kier molecular flexibility index (Phi) is 2.66. The van der Waals surface area contributed by atoms with Crippen molar-refractivity contribution in [2.45, 2.75) is 6.61 Å². The first-order valence-electron chi connectivity index (χ1n) is 5.51. The first kappa shape index (κ1) is 10.7. The molecule has 2 aromatic heterocycles. The van der Waals surface area contributed by atoms with Gasteiger partial charge in [0, 0.05) is 24.2 Å². The molecule has 88 valence electrons. The van der Waals surface area contributed by atoms with Crippen LogP contribution in [0.1, 0.15) is 5.69 Å². The van der Waals surface area contributed by atoms with E-state index in [1.165, 1.54) is 0 Å². The summed E-state index contributed by atoms with van der Waals surface area (Å²) in [6.45, 7) is -0.0943. The van der Waals surface area contributed by atoms with Crippen molar-refractivity contribution in [3.05, 3.63) is 48.5 Å². The van der Waals surface area contributed by atoms with Gasteiger partial charge in [-0.3, -0.25) is 9.97 Å². The van der Waals surface area contributed by atoms with Crippen LogP contribution in [-0.2, 0) is 6.61 Å². The molecule has 18 heavy (non-hydrogen) atoms. The van der Waals surface area contributed by atoms with Crippen molar-refractivity contribution in [3.63, 3.8) is 0 Å². The fourth-order valence-corrected chi connectivity index (χ4v) is 1.73. The minimum Gasteiger partial charge on any atom is -0.390 e. The molecule has 0 bridgehead atoms. The molecule has 5 heteroatoms. The van der Waals surface area contributed by atoms with Gasteiger partial charge in [-0.2, -0.15) is 0 Å². The van der Waals surface area contributed by atoms with E-state index in [4.69, 9.17) is 5.11 Å². The molecule has 0 radical (unpaired) electrons. The van der Waals surface area contributed by atoms with Crippen LogP contribution in [0.3, 0.4) is 0 Å². The van der Waals surface area contributed by atoms with Crippen LogP contribution < -0.4 is 0 Å². The third-order valence-electron chi connectivity index (χ3n) is 2.60. The average molecular weight is 238 g/mol. The number of rotatable bonds is 2. The number of aliphatic hydroxyl groups excluding tert-OH is 1. The number of hydrogen-bond donors (Lipinski definition) is 1. The van der Waals surface area contributed by atoms with Gasteiger partial charge in [-0.15, -0.1) is 0 Å². The van der Waals surface area contributed by atoms with Crippen molar-refractivity contribution < 1.29 is 5.11 Å². The quantitative estimate of drug-likeness (QED) is 0.733. The summed E-state index contributed by atoms with van der Waals surface area (Å²) < 4.78 is 0. The molecular weight excluding hydrogens is 228 g/mol. The summed E-state index contributed by atoms with van der Waals surface area (Å²) in [6.07, 6.45) is 4.94. The molecule has 0 saturated carbocycles. The predicted molar refractivity (Wildman–Crippen MR) is 66.5 cm³/mol. The Hall–Kier alpha value is -2.40. The second-order valence-electron chi connectivity index (χ2n) is 3.79. The Labute approximate surface area is 103 Å². The summed E-state index contributed by atoms with van der Waals surface area (Å²) >= 11 is 0. The van der Waals surface area contributed by atoms with Crippen LogP contribution in [0.15, 0.2) is 42.9 Å². The monoisotopic (exact) mass is 238 g/mol. The number of aliphatic hydroxyl groups is 1. The standard InChI is InChI=1S/C13H10N4O/c18-8-10-3-4-16-13(17-10)9-1-2-11-12(7-9)15-6-5-14-11/h1-7,18H,8H2. The molecule has 2 heterocycles. The highest BCUT2D eigenvalue weighted by atomic mass is 16.3. The summed E-state index contributed by atoms with van der Waals surface area (Å²) in [5.41, 5.74) is 3.09. The lowest BCUT2D eigenvalue weighted by molar-refractivity contribution is 0.277. The van der Waals surface area contributed by atoms with Crippen LogP contribution in [0, 0.1) is 0 Å². The van der Waals surface area contributed by atoms with E-state index in [9.17, 15) is 0 Å². The van der Waals surface area contributed by atoms with Crippen molar-refractivity contribution in [3.8, 4) is 11.4 Å². The molecule has 0 saturated heterocycles. The van der Waals surface area contributed by atoms with E-state index >= 15 is 0 Å². The van der Waals surface area contributed by atoms with Gasteiger partial charge < -0.3 is 5.11 Å². The summed E-state index contributed by atoms with van der Waals surface area (Å²) in [7, 11) is 0. The summed E-state index contributed by atoms with van der Waals surface area (Å²) in [4.78, 5) is 16.9. The van der Waals surface area contributed by atoms with Gasteiger partial charge in [0.15, 0.2) is 5.82 Å². The molecular formula is C13H10N4O. The van der Waals surface area contributed by atoms with Crippen LogP contribution >= 0.6 is 0 Å². The fraction of sp³-hybridized carbons (Fsp3) is 0.0769. The first-order chi connectivity index (χ1) is 8.86. The van der Waals surface area contributed by atoms with Gasteiger partial charge in [0.2, 0.25) is 0 Å². The zero-order valence-corrected chi connectivity index (χ0v) is 9.48. The lowest BCUT2D eigenvalue weighted by Gasteiger charge is -2.03. The number of benzene rings is 1. The molecule has 0 aliphatic heterocycles. The second kappa shape index (κ2) is 4.46. The van der Waals surface area contributed by atoms with Crippen molar-refractivity contribution in [1.82, 2.24) is 19.9 Å². The first-order valence-corrected chi connectivity index (χ1v) is 5.51. The highest BCUT2D eigenvalue weighted by Gasteiger charge is 2.04. The Morgan fingerprint density at radius 3 is 2.56 bits per heavy atom. The highest BCUT2D eigenvalue weighted by molar-refractivity contribution is 5.79. The zero-order valence-electron chi connectivity index (χ0n) is 9.48. The lowest BCUT2D eigenvalue weighted by Crippen LogP contribution is -1.94. The number of aromatic nitrogens is 4. The van der Waals surface area contributed by atoms with Crippen molar-refractivity contribution in [2.24, 2.45) is 0 Å². The zero-order chi connectivity index (χ0) is 12.4. The number of fused-ring (bicyclic) bond motifs is 1. The molecule has 5 nitrogen and oxygen atoms in total. The van der Waals surface area contributed by atoms with Crippen LogP contribution in [0.5, 0.6) is 0 Å². The summed E-state index contributed by atoms with van der Waals surface area (Å²) in [5, 5.41) is 9.07. The maximum absolute atomic E-state index is 9.07. The van der Waals surface area contributed by atoms with Gasteiger partial charge in [-0.25, -0.2) is 9.97 Å². The van der Waals surface area contributed by atoms with E-state index in [1.54, 1.807) is 24.7 Å². The molecule has 0 aliphatic carbocycles. The molecule has 0 fully saturated rings. The molecule has 1 N–H and O–H groups in total. The minimum absolute atomic E-state index is 0.0943. The molecule has 0 spiro atoms. The molecule has 0 unspecified atom stereocenters. The smallest absolute Gasteiger partial charge is 0.159 e. The van der Waals surface area contributed by atoms with Gasteiger partial charge in [-0.05, 0) is 24.3 Å². The predicted octanol–water partition coefficient (Wildman–Crippen LogP) is 1.58. The third-order valence-corrected chi connectivity index (χ3v) is 2.60. The maximum Gasteiger partial charge on any atom is 0.159 e. The van der Waals surface area contributed by atoms with E-state index < -0.39 is 0 Å². The van der Waals surface area contributed by atoms with E-state index in [-0.39, 0.29) is 6.61 Å². The molecule has 0 amide bonds. The van der Waals surface area contributed by atoms with Crippen LogP contribution in [0.2, 0.25) is 0 Å². The lowest BCUT2D eigenvalue weighted by atomic mass is 10.2. The van der Waals surface area contributed by atoms with Crippen molar-refractivity contribution in [1.29, 1.82) is 0 Å². The Morgan fingerprint density at radius 2 is 1.72 bits per heavy atom. The van der Waals surface area contributed by atoms with Crippen LogP contribution in [0.25, 0.3) is 22.4 Å². The minimum atomic E-state index is -0.0943. The molecule has 0 aliphatic rings. The van der Waals surface area contributed by atoms with E-state index in [0.717, 1.165) is 16.6 Å². The van der Waals surface area contributed by atoms with Gasteiger partial charge in [0.1, 0.15) is 0 Å². The maximum atomic E-state index is 9.07. The van der Waals surface area contributed by atoms with Gasteiger partial charge in [0.25, 0.3) is 0 Å². The van der Waals surface area contributed by atoms with Crippen molar-refractivity contribution in [2.75, 3.05) is 0 Å². The number of hydrogen-bond acceptors (Lipinski definition) is 5. The number of nitrogens with zero attached hydrogens (tertiary/aromatic N) is 4. The SMILES string of the molecule is OCc1ccnc(-c2ccc3nccnc3c2)n1. The Bertz CT molecular complexity index is 699. The van der Waals surface area contributed by atoms with Crippen LogP contribution in [0.4, 0.5) is 0 Å². The van der Waals surface area contributed by atoms with E-state index in [1.807, 2.05) is 18.2 Å². The van der Waals surface area contributed by atoms with E-state index in [2.05, 4.69) is 19.9 Å². The fourth-order valence-electron chi connectivity index (χ4n) is 1.73. The largest absolute Gasteiger partial charge is 0.390 e. The van der Waals surface area contributed by atoms with E-state index in [0.29, 0.717) is 11.5 Å². The van der Waals surface area contributed by atoms with Crippen molar-refractivity contribution >= 4 is 11.0 Å². The summed E-state index contributed by atoms with van der Waals surface area (Å²) in [6, 6.07) is 7.35. The molecule has 1 aromatic carbocycles. The topological polar surface area (TPSA) is 71.8 Å². The Morgan fingerprint density at radius 1 is 0.889 bits per heavy atom. The third kappa shape index (κ3) is 1.91. The molecule has 3 rings (SSSR count). The normalized spacial score (nSPS) is 10.7. The van der Waals surface area contributed by atoms with Gasteiger partial charge >= 0.3 is 0 Å². The van der Waals surface area contributed by atoms with Crippen LogP contribution in [-0.4, -0.2) is 25.0 Å². The highest BCUT2D eigenvalue weighted by Crippen LogP contribution is 2.19. The molecule has 0 atom stereocenters. The summed E-state index contributed by atoms with van der Waals surface area (Å²) in [5.74, 6) is 0.578. The Balaban J connectivity index is 2.13. The average Bonchev–Trinajstić information content (AvgIpc) is 2.47. The van der Waals surface area contributed by atoms with Gasteiger partial charge in [-0.1, -0.05) is 0 Å².